The molecule has 0 bridgehead atoms. The quantitative estimate of drug-likeness (QED) is 0.912. The molecule has 2 fully saturated rings. The van der Waals surface area contributed by atoms with E-state index in [0.29, 0.717) is 39.4 Å². The van der Waals surface area contributed by atoms with E-state index in [2.05, 4.69) is 5.32 Å². The van der Waals surface area contributed by atoms with Crippen molar-refractivity contribution < 1.29 is 14.3 Å². The van der Waals surface area contributed by atoms with Gasteiger partial charge in [-0.1, -0.05) is 30.3 Å². The molecule has 0 spiro atoms. The minimum Gasteiger partial charge on any atom is -0.378 e. The number of carbonyl (C=O) groups excluding carboxylic acids is 2. The van der Waals surface area contributed by atoms with E-state index in [1.807, 2.05) is 42.2 Å². The molecule has 2 heterocycles. The molecule has 3 amide bonds. The number of amides is 3. The van der Waals surface area contributed by atoms with Crippen molar-refractivity contribution >= 4 is 11.9 Å². The van der Waals surface area contributed by atoms with Crippen LogP contribution in [0.3, 0.4) is 0 Å². The molecule has 2 atom stereocenters. The van der Waals surface area contributed by atoms with Crippen LogP contribution in [0.1, 0.15) is 31.4 Å². The number of morpholine rings is 1. The number of urea groups is 1. The van der Waals surface area contributed by atoms with Gasteiger partial charge in [0.15, 0.2) is 0 Å². The average molecular weight is 345 g/mol. The summed E-state index contributed by atoms with van der Waals surface area (Å²) in [4.78, 5) is 28.9. The smallest absolute Gasteiger partial charge is 0.317 e. The molecule has 3 rings (SSSR count). The topological polar surface area (TPSA) is 61.9 Å². The Morgan fingerprint density at radius 2 is 1.84 bits per heavy atom. The highest BCUT2D eigenvalue weighted by atomic mass is 16.5. The Hall–Kier alpha value is -2.08. The van der Waals surface area contributed by atoms with E-state index < -0.39 is 0 Å². The molecule has 1 aromatic carbocycles. The molecule has 0 aromatic heterocycles. The number of carbonyl (C=O) groups is 2. The summed E-state index contributed by atoms with van der Waals surface area (Å²) in [6, 6.07) is 9.77. The van der Waals surface area contributed by atoms with Crippen molar-refractivity contribution in [3.05, 3.63) is 35.9 Å². The van der Waals surface area contributed by atoms with Crippen LogP contribution < -0.4 is 5.32 Å². The Kier molecular flexibility index (Phi) is 5.91. The molecule has 6 heteroatoms. The number of piperidine rings is 1. The van der Waals surface area contributed by atoms with Gasteiger partial charge in [0.05, 0.1) is 25.2 Å². The number of benzene rings is 1. The fourth-order valence-electron chi connectivity index (χ4n) is 3.51. The highest BCUT2D eigenvalue weighted by molar-refractivity contribution is 5.81. The monoisotopic (exact) mass is 345 g/mol. The van der Waals surface area contributed by atoms with Gasteiger partial charge in [-0.05, 0) is 25.3 Å². The zero-order valence-electron chi connectivity index (χ0n) is 14.8. The van der Waals surface area contributed by atoms with Crippen molar-refractivity contribution in [3.63, 3.8) is 0 Å². The Balaban J connectivity index is 1.55. The van der Waals surface area contributed by atoms with Gasteiger partial charge in [-0.25, -0.2) is 4.79 Å². The van der Waals surface area contributed by atoms with Crippen LogP contribution in [0.5, 0.6) is 0 Å². The van der Waals surface area contributed by atoms with Gasteiger partial charge in [0, 0.05) is 26.2 Å². The normalized spacial score (nSPS) is 22.4. The summed E-state index contributed by atoms with van der Waals surface area (Å²) in [5.74, 6) is 0.0709. The van der Waals surface area contributed by atoms with E-state index in [1.165, 1.54) is 0 Å². The molecule has 2 aliphatic heterocycles. The first-order valence-corrected chi connectivity index (χ1v) is 9.12. The SMILES string of the molecule is C[C@@H](NC(=O)N1CCC[C@H](C(=O)N2CCOCC2)C1)c1ccccc1. The van der Waals surface area contributed by atoms with Crippen LogP contribution in [-0.2, 0) is 9.53 Å². The molecule has 0 unspecified atom stereocenters. The second-order valence-electron chi connectivity index (χ2n) is 6.80. The van der Waals surface area contributed by atoms with Crippen LogP contribution in [0.15, 0.2) is 30.3 Å². The molecular formula is C19H27N3O3. The number of ether oxygens (including phenoxy) is 1. The third kappa shape index (κ3) is 4.51. The van der Waals surface area contributed by atoms with Gasteiger partial charge in [0.1, 0.15) is 0 Å². The van der Waals surface area contributed by atoms with Gasteiger partial charge < -0.3 is 19.9 Å². The molecule has 0 radical (unpaired) electrons. The van der Waals surface area contributed by atoms with E-state index >= 15 is 0 Å². The predicted molar refractivity (Wildman–Crippen MR) is 95.1 cm³/mol. The van der Waals surface area contributed by atoms with E-state index in [4.69, 9.17) is 4.74 Å². The molecule has 6 nitrogen and oxygen atoms in total. The number of nitrogens with zero attached hydrogens (tertiary/aromatic N) is 2. The summed E-state index contributed by atoms with van der Waals surface area (Å²) in [6.07, 6.45) is 1.72. The van der Waals surface area contributed by atoms with Gasteiger partial charge in [0.2, 0.25) is 5.91 Å². The third-order valence-corrected chi connectivity index (χ3v) is 5.02. The first-order valence-electron chi connectivity index (χ1n) is 9.12. The van der Waals surface area contributed by atoms with Crippen LogP contribution in [0.2, 0.25) is 0 Å². The van der Waals surface area contributed by atoms with Crippen molar-refractivity contribution in [2.75, 3.05) is 39.4 Å². The minimum absolute atomic E-state index is 0.0518. The van der Waals surface area contributed by atoms with Gasteiger partial charge in [0.25, 0.3) is 0 Å². The van der Waals surface area contributed by atoms with Crippen molar-refractivity contribution in [1.29, 1.82) is 0 Å². The number of hydrogen-bond donors (Lipinski definition) is 1. The van der Waals surface area contributed by atoms with Gasteiger partial charge in [-0.15, -0.1) is 0 Å². The summed E-state index contributed by atoms with van der Waals surface area (Å²) in [7, 11) is 0. The fraction of sp³-hybridized carbons (Fsp3) is 0.579. The average Bonchev–Trinajstić information content (AvgIpc) is 2.68. The van der Waals surface area contributed by atoms with Gasteiger partial charge in [-0.3, -0.25) is 4.79 Å². The van der Waals surface area contributed by atoms with Gasteiger partial charge >= 0.3 is 6.03 Å². The lowest BCUT2D eigenvalue weighted by Crippen LogP contribution is -2.51. The summed E-state index contributed by atoms with van der Waals surface area (Å²) < 4.78 is 5.31. The maximum atomic E-state index is 12.7. The summed E-state index contributed by atoms with van der Waals surface area (Å²) in [6.45, 7) is 5.73. The number of likely N-dealkylation sites (tertiary alicyclic amines) is 1. The van der Waals surface area contributed by atoms with Crippen LogP contribution in [-0.4, -0.2) is 61.1 Å². The van der Waals surface area contributed by atoms with Crippen molar-refractivity contribution in [3.8, 4) is 0 Å². The molecule has 2 aliphatic rings. The number of nitrogens with one attached hydrogen (secondary N) is 1. The Morgan fingerprint density at radius 3 is 2.56 bits per heavy atom. The van der Waals surface area contributed by atoms with E-state index in [-0.39, 0.29) is 23.9 Å². The number of hydrogen-bond acceptors (Lipinski definition) is 3. The highest BCUT2D eigenvalue weighted by Crippen LogP contribution is 2.20. The standard InChI is InChI=1S/C19H27N3O3/c1-15(16-6-3-2-4-7-16)20-19(24)22-9-5-8-17(14-22)18(23)21-10-12-25-13-11-21/h2-4,6-7,15,17H,5,8-14H2,1H3,(H,20,24)/t15-,17+/m1/s1. The van der Waals surface area contributed by atoms with Crippen LogP contribution in [0.4, 0.5) is 4.79 Å². The molecular weight excluding hydrogens is 318 g/mol. The predicted octanol–water partition coefficient (Wildman–Crippen LogP) is 2.03. The zero-order chi connectivity index (χ0) is 17.6. The maximum absolute atomic E-state index is 12.7. The van der Waals surface area contributed by atoms with Crippen LogP contribution >= 0.6 is 0 Å². The first-order chi connectivity index (χ1) is 12.1. The van der Waals surface area contributed by atoms with Gasteiger partial charge in [-0.2, -0.15) is 0 Å². The molecule has 25 heavy (non-hydrogen) atoms. The molecule has 1 aromatic rings. The molecule has 2 saturated heterocycles. The zero-order valence-corrected chi connectivity index (χ0v) is 14.8. The molecule has 1 N–H and O–H groups in total. The largest absolute Gasteiger partial charge is 0.378 e. The summed E-state index contributed by atoms with van der Waals surface area (Å²) in [5, 5.41) is 3.05. The Morgan fingerprint density at radius 1 is 1.12 bits per heavy atom. The summed E-state index contributed by atoms with van der Waals surface area (Å²) in [5.41, 5.74) is 1.08. The molecule has 0 saturated carbocycles. The van der Waals surface area contributed by atoms with Crippen molar-refractivity contribution in [2.24, 2.45) is 5.92 Å². The third-order valence-electron chi connectivity index (χ3n) is 5.02. The maximum Gasteiger partial charge on any atom is 0.317 e. The second-order valence-corrected chi connectivity index (χ2v) is 6.80. The van der Waals surface area contributed by atoms with E-state index in [0.717, 1.165) is 18.4 Å². The van der Waals surface area contributed by atoms with E-state index in [1.54, 1.807) is 4.90 Å². The number of rotatable bonds is 3. The minimum atomic E-state index is -0.0929. The van der Waals surface area contributed by atoms with Crippen LogP contribution in [0, 0.1) is 5.92 Å². The Labute approximate surface area is 149 Å². The Bertz CT molecular complexity index is 587. The molecule has 136 valence electrons. The molecule has 0 aliphatic carbocycles. The first kappa shape index (κ1) is 17.7. The van der Waals surface area contributed by atoms with Crippen molar-refractivity contribution in [2.45, 2.75) is 25.8 Å². The fourth-order valence-corrected chi connectivity index (χ4v) is 3.51. The lowest BCUT2D eigenvalue weighted by Gasteiger charge is -2.36. The summed E-state index contributed by atoms with van der Waals surface area (Å²) >= 11 is 0. The lowest BCUT2D eigenvalue weighted by atomic mass is 9.96. The highest BCUT2D eigenvalue weighted by Gasteiger charge is 2.32. The van der Waals surface area contributed by atoms with Crippen LogP contribution in [0.25, 0.3) is 0 Å². The second kappa shape index (κ2) is 8.34. The lowest BCUT2D eigenvalue weighted by molar-refractivity contribution is -0.141. The van der Waals surface area contributed by atoms with E-state index in [9.17, 15) is 9.59 Å². The van der Waals surface area contributed by atoms with Crippen molar-refractivity contribution in [1.82, 2.24) is 15.1 Å².